The highest BCUT2D eigenvalue weighted by Gasteiger charge is 2.13. The van der Waals surface area contributed by atoms with Gasteiger partial charge >= 0.3 is 0 Å². The van der Waals surface area contributed by atoms with Crippen LogP contribution >= 0.6 is 0 Å². The lowest BCUT2D eigenvalue weighted by atomic mass is 10.0. The first-order valence-corrected chi connectivity index (χ1v) is 4.32. The van der Waals surface area contributed by atoms with Crippen LogP contribution < -0.4 is 5.73 Å². The Morgan fingerprint density at radius 3 is 2.38 bits per heavy atom. The Labute approximate surface area is 77.8 Å². The van der Waals surface area contributed by atoms with Crippen LogP contribution in [0, 0.1) is 0 Å². The second-order valence-corrected chi connectivity index (χ2v) is 3.10. The molecular weight excluding hydrogens is 166 g/mol. The van der Waals surface area contributed by atoms with Crippen molar-refractivity contribution in [1.29, 1.82) is 0 Å². The molecule has 1 aromatic carbocycles. The van der Waals surface area contributed by atoms with E-state index < -0.39 is 12.1 Å². The van der Waals surface area contributed by atoms with E-state index in [2.05, 4.69) is 0 Å². The second kappa shape index (κ2) is 4.97. The second-order valence-electron chi connectivity index (χ2n) is 3.10. The Kier molecular flexibility index (Phi) is 3.89. The minimum Gasteiger partial charge on any atom is -0.394 e. The van der Waals surface area contributed by atoms with Gasteiger partial charge in [0.2, 0.25) is 0 Å². The van der Waals surface area contributed by atoms with E-state index in [-0.39, 0.29) is 6.61 Å². The van der Waals surface area contributed by atoms with Crippen LogP contribution in [0.1, 0.15) is 5.56 Å². The third-order valence-electron chi connectivity index (χ3n) is 2.00. The zero-order valence-corrected chi connectivity index (χ0v) is 7.43. The maximum Gasteiger partial charge on any atom is 0.0924 e. The molecule has 3 nitrogen and oxygen atoms in total. The van der Waals surface area contributed by atoms with Crippen LogP contribution in [0.25, 0.3) is 0 Å². The summed E-state index contributed by atoms with van der Waals surface area (Å²) in [5, 5.41) is 17.9. The number of hydrogen-bond acceptors (Lipinski definition) is 3. The van der Waals surface area contributed by atoms with Crippen LogP contribution in [-0.4, -0.2) is 29.0 Å². The molecule has 2 unspecified atom stereocenters. The Morgan fingerprint density at radius 1 is 1.23 bits per heavy atom. The largest absolute Gasteiger partial charge is 0.394 e. The van der Waals surface area contributed by atoms with Crippen LogP contribution in [0.15, 0.2) is 30.3 Å². The Balaban J connectivity index is 2.50. The first-order valence-electron chi connectivity index (χ1n) is 4.32. The number of hydrogen-bond donors (Lipinski definition) is 3. The number of benzene rings is 1. The van der Waals surface area contributed by atoms with Gasteiger partial charge in [0.1, 0.15) is 0 Å². The predicted octanol–water partition coefficient (Wildman–Crippen LogP) is -0.0904. The molecule has 0 radical (unpaired) electrons. The van der Waals surface area contributed by atoms with E-state index in [1.807, 2.05) is 30.3 Å². The van der Waals surface area contributed by atoms with Crippen LogP contribution in [0.4, 0.5) is 0 Å². The van der Waals surface area contributed by atoms with Crippen molar-refractivity contribution in [3.8, 4) is 0 Å². The number of aliphatic hydroxyl groups excluding tert-OH is 2. The van der Waals surface area contributed by atoms with E-state index >= 15 is 0 Å². The molecule has 0 aliphatic carbocycles. The van der Waals surface area contributed by atoms with Crippen LogP contribution in [0.2, 0.25) is 0 Å². The fourth-order valence-corrected chi connectivity index (χ4v) is 1.16. The highest BCUT2D eigenvalue weighted by molar-refractivity contribution is 5.16. The molecule has 4 N–H and O–H groups in total. The van der Waals surface area contributed by atoms with Crippen molar-refractivity contribution in [2.75, 3.05) is 6.61 Å². The Hall–Kier alpha value is -0.900. The zero-order chi connectivity index (χ0) is 9.68. The molecule has 0 aliphatic heterocycles. The van der Waals surface area contributed by atoms with Crippen molar-refractivity contribution < 1.29 is 10.2 Å². The molecule has 1 rings (SSSR count). The molecule has 0 amide bonds. The highest BCUT2D eigenvalue weighted by Crippen LogP contribution is 2.03. The van der Waals surface area contributed by atoms with Crippen molar-refractivity contribution in [2.24, 2.45) is 5.73 Å². The van der Waals surface area contributed by atoms with E-state index in [0.717, 1.165) is 5.56 Å². The summed E-state index contributed by atoms with van der Waals surface area (Å²) < 4.78 is 0. The lowest BCUT2D eigenvalue weighted by Gasteiger charge is -2.16. The van der Waals surface area contributed by atoms with Gasteiger partial charge in [-0.25, -0.2) is 0 Å². The van der Waals surface area contributed by atoms with Crippen LogP contribution in [-0.2, 0) is 6.42 Å². The van der Waals surface area contributed by atoms with E-state index in [0.29, 0.717) is 6.42 Å². The van der Waals surface area contributed by atoms with Crippen molar-refractivity contribution in [3.63, 3.8) is 0 Å². The minimum atomic E-state index is -0.833. The summed E-state index contributed by atoms with van der Waals surface area (Å²) in [5.74, 6) is 0. The van der Waals surface area contributed by atoms with Gasteiger partial charge in [0.25, 0.3) is 0 Å². The summed E-state index contributed by atoms with van der Waals surface area (Å²) >= 11 is 0. The zero-order valence-electron chi connectivity index (χ0n) is 7.43. The Morgan fingerprint density at radius 2 is 1.85 bits per heavy atom. The average molecular weight is 181 g/mol. The van der Waals surface area contributed by atoms with Crippen molar-refractivity contribution in [3.05, 3.63) is 35.9 Å². The lowest BCUT2D eigenvalue weighted by molar-refractivity contribution is 0.0742. The van der Waals surface area contributed by atoms with Crippen LogP contribution in [0.5, 0.6) is 0 Å². The van der Waals surface area contributed by atoms with Gasteiger partial charge in [-0.05, 0) is 12.0 Å². The summed E-state index contributed by atoms with van der Waals surface area (Å²) in [6.07, 6.45) is -0.247. The molecule has 2 atom stereocenters. The SMILES string of the molecule is NC(Cc1ccccc1)C(O)CO. The van der Waals surface area contributed by atoms with E-state index in [4.69, 9.17) is 10.8 Å². The summed E-state index contributed by atoms with van der Waals surface area (Å²) in [7, 11) is 0. The molecule has 0 saturated heterocycles. The fourth-order valence-electron chi connectivity index (χ4n) is 1.16. The van der Waals surface area contributed by atoms with Gasteiger partial charge < -0.3 is 15.9 Å². The quantitative estimate of drug-likeness (QED) is 0.608. The predicted molar refractivity (Wildman–Crippen MR) is 51.2 cm³/mol. The molecule has 0 aromatic heterocycles. The average Bonchev–Trinajstić information content (AvgIpc) is 2.18. The molecule has 0 bridgehead atoms. The molecule has 0 heterocycles. The first-order chi connectivity index (χ1) is 6.24. The third-order valence-corrected chi connectivity index (χ3v) is 2.00. The minimum absolute atomic E-state index is 0.284. The number of rotatable bonds is 4. The third kappa shape index (κ3) is 3.14. The number of aliphatic hydroxyl groups is 2. The summed E-state index contributed by atoms with van der Waals surface area (Å²) in [6.45, 7) is -0.284. The topological polar surface area (TPSA) is 66.5 Å². The maximum absolute atomic E-state index is 9.21. The van der Waals surface area contributed by atoms with Crippen LogP contribution in [0.3, 0.4) is 0 Å². The standard InChI is InChI=1S/C10H15NO2/c11-9(10(13)7-12)6-8-4-2-1-3-5-8/h1-5,9-10,12-13H,6-7,11H2. The van der Waals surface area contributed by atoms with E-state index in [1.165, 1.54) is 0 Å². The van der Waals surface area contributed by atoms with Crippen molar-refractivity contribution in [1.82, 2.24) is 0 Å². The fraction of sp³-hybridized carbons (Fsp3) is 0.400. The highest BCUT2D eigenvalue weighted by atomic mass is 16.3. The van der Waals surface area contributed by atoms with E-state index in [1.54, 1.807) is 0 Å². The summed E-state index contributed by atoms with van der Waals surface area (Å²) in [4.78, 5) is 0. The van der Waals surface area contributed by atoms with Gasteiger partial charge in [-0.2, -0.15) is 0 Å². The lowest BCUT2D eigenvalue weighted by Crippen LogP contribution is -2.38. The Bertz CT molecular complexity index is 238. The molecule has 0 saturated carbocycles. The van der Waals surface area contributed by atoms with Crippen molar-refractivity contribution >= 4 is 0 Å². The van der Waals surface area contributed by atoms with Gasteiger partial charge in [-0.3, -0.25) is 0 Å². The molecule has 3 heteroatoms. The van der Waals surface area contributed by atoms with Gasteiger partial charge in [-0.1, -0.05) is 30.3 Å². The molecule has 0 spiro atoms. The normalized spacial score (nSPS) is 15.3. The molecular formula is C10H15NO2. The number of nitrogens with two attached hydrogens (primary N) is 1. The molecule has 1 aromatic rings. The van der Waals surface area contributed by atoms with Crippen molar-refractivity contribution in [2.45, 2.75) is 18.6 Å². The molecule has 0 fully saturated rings. The van der Waals surface area contributed by atoms with Gasteiger partial charge in [-0.15, -0.1) is 0 Å². The van der Waals surface area contributed by atoms with Gasteiger partial charge in [0.05, 0.1) is 12.7 Å². The molecule has 72 valence electrons. The summed E-state index contributed by atoms with van der Waals surface area (Å²) in [5.41, 5.74) is 6.72. The maximum atomic E-state index is 9.21. The molecule has 0 aliphatic rings. The monoisotopic (exact) mass is 181 g/mol. The van der Waals surface area contributed by atoms with Gasteiger partial charge in [0.15, 0.2) is 0 Å². The van der Waals surface area contributed by atoms with E-state index in [9.17, 15) is 5.11 Å². The molecule has 13 heavy (non-hydrogen) atoms. The van der Waals surface area contributed by atoms with Gasteiger partial charge in [0, 0.05) is 6.04 Å². The first kappa shape index (κ1) is 10.2. The smallest absolute Gasteiger partial charge is 0.0924 e. The summed E-state index contributed by atoms with van der Waals surface area (Å²) in [6, 6.07) is 9.28.